The van der Waals surface area contributed by atoms with Crippen molar-refractivity contribution >= 4 is 64.2 Å². The molecule has 2 aliphatic heterocycles. The Morgan fingerprint density at radius 1 is 0.827 bits per heavy atom. The van der Waals surface area contributed by atoms with Gasteiger partial charge in [-0.25, -0.2) is 36.5 Å². The Balaban J connectivity index is 1.43. The number of phenols is 2. The summed E-state index contributed by atoms with van der Waals surface area (Å²) in [7, 11) is 1.25. The minimum Gasteiger partial charge on any atom is -0.508 e. The van der Waals surface area contributed by atoms with Crippen LogP contribution in [0.3, 0.4) is 0 Å². The number of halogens is 7. The molecular weight excluding hydrogens is 746 g/mol. The van der Waals surface area contributed by atoms with Gasteiger partial charge in [-0.2, -0.15) is 0 Å². The molecule has 18 heteroatoms. The number of ether oxygens (including phenoxy) is 1. The molecule has 2 saturated heterocycles. The summed E-state index contributed by atoms with van der Waals surface area (Å²) in [5.41, 5.74) is -2.85. The van der Waals surface area contributed by atoms with Crippen molar-refractivity contribution in [3.63, 3.8) is 0 Å². The van der Waals surface area contributed by atoms with E-state index in [1.807, 2.05) is 0 Å². The van der Waals surface area contributed by atoms with Gasteiger partial charge in [0.15, 0.2) is 33.0 Å². The normalized spacial score (nSPS) is 28.1. The Morgan fingerprint density at radius 2 is 1.46 bits per heavy atom. The zero-order valence-electron chi connectivity index (χ0n) is 26.1. The van der Waals surface area contributed by atoms with E-state index in [0.717, 1.165) is 24.3 Å². The number of benzene rings is 3. The van der Waals surface area contributed by atoms with Gasteiger partial charge in [-0.15, -0.1) is 23.2 Å². The Kier molecular flexibility index (Phi) is 7.88. The van der Waals surface area contributed by atoms with Crippen molar-refractivity contribution in [2.45, 2.75) is 28.5 Å². The number of carbonyl (C=O) groups is 5. The van der Waals surface area contributed by atoms with Crippen molar-refractivity contribution in [2.24, 2.45) is 17.8 Å². The fraction of sp³-hybridized carbons (Fsp3) is 0.265. The summed E-state index contributed by atoms with van der Waals surface area (Å²) in [4.78, 5) is 62.7. The lowest BCUT2D eigenvalue weighted by Gasteiger charge is -2.50. The summed E-state index contributed by atoms with van der Waals surface area (Å²) in [6, 6.07) is 6.60. The largest absolute Gasteiger partial charge is 0.508 e. The maximum atomic E-state index is 15.2. The third-order valence-electron chi connectivity index (χ3n) is 10.2. The molecule has 3 fully saturated rings. The van der Waals surface area contributed by atoms with Gasteiger partial charge in [0.1, 0.15) is 28.5 Å². The number of anilines is 2. The first kappa shape index (κ1) is 35.2. The number of nitrogens with zero attached hydrogens (tertiary/aromatic N) is 2. The van der Waals surface area contributed by atoms with Gasteiger partial charge in [-0.3, -0.25) is 19.2 Å². The number of hydrogen-bond donors (Lipinski definition) is 3. The van der Waals surface area contributed by atoms with Crippen LogP contribution in [0.5, 0.6) is 17.2 Å². The number of carboxylic acid groups (broad SMARTS) is 1. The average Bonchev–Trinajstić information content (AvgIpc) is 3.44. The van der Waals surface area contributed by atoms with Crippen LogP contribution in [-0.2, 0) is 19.2 Å². The Bertz CT molecular complexity index is 2210. The molecule has 3 aromatic carbocycles. The van der Waals surface area contributed by atoms with Gasteiger partial charge in [0, 0.05) is 17.5 Å². The Labute approximate surface area is 298 Å². The summed E-state index contributed by atoms with van der Waals surface area (Å²) in [5.74, 6) is -26.1. The highest BCUT2D eigenvalue weighted by molar-refractivity contribution is 6.58. The van der Waals surface area contributed by atoms with Gasteiger partial charge in [0.05, 0.1) is 24.6 Å². The Hall–Kier alpha value is -5.22. The van der Waals surface area contributed by atoms with E-state index in [2.05, 4.69) is 0 Å². The molecule has 4 amide bonds. The van der Waals surface area contributed by atoms with E-state index in [-0.39, 0.29) is 33.9 Å². The fourth-order valence-corrected chi connectivity index (χ4v) is 8.82. The Morgan fingerprint density at radius 3 is 2.06 bits per heavy atom. The lowest BCUT2D eigenvalue weighted by atomic mass is 9.56. The van der Waals surface area contributed by atoms with Crippen LogP contribution in [0.1, 0.15) is 34.7 Å². The van der Waals surface area contributed by atoms with Crippen LogP contribution in [0.4, 0.5) is 33.3 Å². The first-order valence-electron chi connectivity index (χ1n) is 15.2. The molecule has 52 heavy (non-hydrogen) atoms. The summed E-state index contributed by atoms with van der Waals surface area (Å²) >= 11 is 14.1. The smallest absolute Gasteiger partial charge is 0.339 e. The van der Waals surface area contributed by atoms with E-state index in [1.54, 1.807) is 0 Å². The molecule has 1 saturated carbocycles. The summed E-state index contributed by atoms with van der Waals surface area (Å²) in [6.45, 7) is 0. The van der Waals surface area contributed by atoms with Crippen LogP contribution in [0.25, 0.3) is 0 Å². The van der Waals surface area contributed by atoms with Crippen molar-refractivity contribution in [3.8, 4) is 17.2 Å². The number of phenolic OH excluding ortho intramolecular Hbond substituents is 1. The molecule has 3 aromatic rings. The molecule has 4 aliphatic rings. The summed E-state index contributed by atoms with van der Waals surface area (Å²) in [5, 5.41) is 30.7. The minimum absolute atomic E-state index is 0.0703. The van der Waals surface area contributed by atoms with Crippen LogP contribution < -0.4 is 14.5 Å². The van der Waals surface area contributed by atoms with Crippen LogP contribution in [0, 0.1) is 46.8 Å². The molecule has 0 bridgehead atoms. The second kappa shape index (κ2) is 11.6. The highest BCUT2D eigenvalue weighted by Crippen LogP contribution is 2.67. The van der Waals surface area contributed by atoms with Gasteiger partial charge >= 0.3 is 5.97 Å². The second-order valence-electron chi connectivity index (χ2n) is 12.6. The second-order valence-corrected chi connectivity index (χ2v) is 13.9. The van der Waals surface area contributed by atoms with Crippen LogP contribution in [0.2, 0.25) is 0 Å². The number of methoxy groups -OCH3 is 1. The standard InChI is InChI=1S/C34H21Cl2F5N2O9/c1-52-12-3-7-18(44)16(9-12)21-13-5-6-15-20(29(47)42(28(15)46)11-2-4-14(30(48)49)19(45)8-11)17(13)10-33(35)31(50)43(32(51)34(21,33)36)27-25(40)23(38)22(37)24(39)26(27)41/h2-5,7-9,15,17,20-21,44-45H,6,10H2,1H3,(H,48,49). The number of aromatic hydroxyl groups is 2. The van der Waals surface area contributed by atoms with E-state index in [0.29, 0.717) is 4.90 Å². The van der Waals surface area contributed by atoms with Gasteiger partial charge < -0.3 is 20.1 Å². The number of alkyl halides is 2. The molecule has 6 atom stereocenters. The molecule has 11 nitrogen and oxygen atoms in total. The summed E-state index contributed by atoms with van der Waals surface area (Å²) < 4.78 is 78.6. The third-order valence-corrected chi connectivity index (χ3v) is 11.7. The number of aromatic carboxylic acids is 1. The number of imide groups is 2. The predicted octanol–water partition coefficient (Wildman–Crippen LogP) is 5.27. The predicted molar refractivity (Wildman–Crippen MR) is 169 cm³/mol. The maximum Gasteiger partial charge on any atom is 0.339 e. The molecule has 0 spiro atoms. The number of allylic oxidation sites excluding steroid dienone is 2. The number of carbonyl (C=O) groups excluding carboxylic acids is 4. The number of rotatable bonds is 5. The molecule has 6 unspecified atom stereocenters. The van der Waals surface area contributed by atoms with Crippen LogP contribution in [-0.4, -0.2) is 61.8 Å². The highest BCUT2D eigenvalue weighted by Gasteiger charge is 2.77. The van der Waals surface area contributed by atoms with Crippen LogP contribution in [0.15, 0.2) is 48.0 Å². The molecular formula is C34H21Cl2F5N2O9. The first-order valence-corrected chi connectivity index (χ1v) is 16.0. The molecule has 2 heterocycles. The van der Waals surface area contributed by atoms with Crippen molar-refractivity contribution < 1.29 is 66.0 Å². The number of hydrogen-bond acceptors (Lipinski definition) is 8. The monoisotopic (exact) mass is 766 g/mol. The van der Waals surface area contributed by atoms with E-state index in [1.165, 1.54) is 25.3 Å². The maximum absolute atomic E-state index is 15.2. The molecule has 0 radical (unpaired) electrons. The lowest BCUT2D eigenvalue weighted by Crippen LogP contribution is -2.60. The summed E-state index contributed by atoms with van der Waals surface area (Å²) in [6.07, 6.45) is 0.428. The van der Waals surface area contributed by atoms with E-state index < -0.39 is 121 Å². The SMILES string of the molecule is COc1ccc(O)c(C2C3=CCC4C(=O)N(c5ccc(C(=O)O)c(O)c5)C(=O)C4C3CC3(Cl)C(=O)N(c4c(F)c(F)c(F)c(F)c4F)C(=O)C23Cl)c1. The van der Waals surface area contributed by atoms with E-state index >= 15 is 8.78 Å². The van der Waals surface area contributed by atoms with E-state index in [4.69, 9.17) is 27.9 Å². The zero-order valence-corrected chi connectivity index (χ0v) is 27.6. The lowest BCUT2D eigenvalue weighted by molar-refractivity contribution is -0.125. The quantitative estimate of drug-likeness (QED) is 0.0785. The fourth-order valence-electron chi connectivity index (χ4n) is 7.90. The number of carboxylic acids is 1. The molecule has 2 aliphatic carbocycles. The van der Waals surface area contributed by atoms with Gasteiger partial charge in [0.25, 0.3) is 11.8 Å². The third kappa shape index (κ3) is 4.39. The van der Waals surface area contributed by atoms with Crippen molar-refractivity contribution in [2.75, 3.05) is 16.9 Å². The van der Waals surface area contributed by atoms with Gasteiger partial charge in [-0.05, 0) is 49.1 Å². The molecule has 270 valence electrons. The van der Waals surface area contributed by atoms with Crippen molar-refractivity contribution in [1.82, 2.24) is 0 Å². The molecule has 0 aromatic heterocycles. The van der Waals surface area contributed by atoms with E-state index in [9.17, 15) is 52.5 Å². The van der Waals surface area contributed by atoms with Gasteiger partial charge in [-0.1, -0.05) is 11.6 Å². The van der Waals surface area contributed by atoms with Gasteiger partial charge in [0.2, 0.25) is 17.6 Å². The molecule has 7 rings (SSSR count). The topological polar surface area (TPSA) is 162 Å². The number of fused-ring (bicyclic) bond motifs is 4. The zero-order chi connectivity index (χ0) is 37.9. The molecule has 3 N–H and O–H groups in total. The minimum atomic E-state index is -2.87. The van der Waals surface area contributed by atoms with Crippen LogP contribution >= 0.6 is 23.2 Å². The number of amides is 4. The van der Waals surface area contributed by atoms with Crippen molar-refractivity contribution in [1.29, 1.82) is 0 Å². The average molecular weight is 767 g/mol. The highest BCUT2D eigenvalue weighted by atomic mass is 35.5. The van der Waals surface area contributed by atoms with Crippen molar-refractivity contribution in [3.05, 3.63) is 88.3 Å². The first-order chi connectivity index (χ1) is 24.4.